The van der Waals surface area contributed by atoms with Crippen molar-refractivity contribution in [3.8, 4) is 0 Å². The molecule has 1 aromatic heterocycles. The lowest BCUT2D eigenvalue weighted by Gasteiger charge is -2.26. The van der Waals surface area contributed by atoms with E-state index in [-0.39, 0.29) is 12.1 Å². The van der Waals surface area contributed by atoms with E-state index in [0.29, 0.717) is 25.8 Å². The van der Waals surface area contributed by atoms with Crippen LogP contribution in [0.1, 0.15) is 6.92 Å². The van der Waals surface area contributed by atoms with Crippen LogP contribution in [0.5, 0.6) is 0 Å². The molecule has 0 saturated heterocycles. The van der Waals surface area contributed by atoms with Gasteiger partial charge in [-0.25, -0.2) is 0 Å². The van der Waals surface area contributed by atoms with Crippen LogP contribution in [-0.2, 0) is 9.47 Å². The van der Waals surface area contributed by atoms with Gasteiger partial charge >= 0.3 is 12.0 Å². The second-order valence-corrected chi connectivity index (χ2v) is 3.41. The molecule has 2 N–H and O–H groups in total. The van der Waals surface area contributed by atoms with Crippen LogP contribution < -0.4 is 10.6 Å². The Morgan fingerprint density at radius 3 is 2.62 bits per heavy atom. The molecule has 0 bridgehead atoms. The van der Waals surface area contributed by atoms with E-state index in [1.54, 1.807) is 14.2 Å². The van der Waals surface area contributed by atoms with Crippen molar-refractivity contribution in [3.05, 3.63) is 0 Å². The van der Waals surface area contributed by atoms with E-state index >= 15 is 0 Å². The van der Waals surface area contributed by atoms with E-state index in [4.69, 9.17) is 19.6 Å². The van der Waals surface area contributed by atoms with E-state index in [0.717, 1.165) is 0 Å². The van der Waals surface area contributed by atoms with Gasteiger partial charge in [-0.15, -0.1) is 0 Å². The van der Waals surface area contributed by atoms with Crippen molar-refractivity contribution >= 4 is 12.0 Å². The summed E-state index contributed by atoms with van der Waals surface area (Å²) in [5.74, 6) is 0. The highest BCUT2D eigenvalue weighted by molar-refractivity contribution is 5.29. The van der Waals surface area contributed by atoms with Crippen LogP contribution in [0.25, 0.3) is 0 Å². The third kappa shape index (κ3) is 3.35. The van der Waals surface area contributed by atoms with E-state index in [2.05, 4.69) is 10.2 Å². The number of nitrogens with two attached hydrogens (primary N) is 1. The third-order valence-corrected chi connectivity index (χ3v) is 2.15. The Labute approximate surface area is 94.5 Å². The summed E-state index contributed by atoms with van der Waals surface area (Å²) in [7, 11) is 3.29. The van der Waals surface area contributed by atoms with Crippen molar-refractivity contribution in [1.82, 2.24) is 10.2 Å². The normalized spacial score (nSPS) is 12.7. The molecular weight excluding hydrogens is 212 g/mol. The van der Waals surface area contributed by atoms with Gasteiger partial charge in [-0.2, -0.15) is 0 Å². The fraction of sp³-hybridized carbons (Fsp3) is 0.778. The van der Waals surface area contributed by atoms with Crippen molar-refractivity contribution in [2.24, 2.45) is 0 Å². The minimum atomic E-state index is 0.0574. The lowest BCUT2D eigenvalue weighted by atomic mass is 10.3. The monoisotopic (exact) mass is 230 g/mol. The van der Waals surface area contributed by atoms with Crippen molar-refractivity contribution in [2.75, 3.05) is 44.6 Å². The Morgan fingerprint density at radius 1 is 1.38 bits per heavy atom. The van der Waals surface area contributed by atoms with Crippen molar-refractivity contribution in [2.45, 2.75) is 13.0 Å². The highest BCUT2D eigenvalue weighted by atomic mass is 16.5. The molecule has 92 valence electrons. The van der Waals surface area contributed by atoms with Gasteiger partial charge in [0.2, 0.25) is 0 Å². The Bertz CT molecular complexity index is 305. The number of ether oxygens (including phenoxy) is 2. The molecule has 1 heterocycles. The first-order valence-corrected chi connectivity index (χ1v) is 5.02. The number of rotatable bonds is 7. The molecule has 1 atom stereocenters. The van der Waals surface area contributed by atoms with Gasteiger partial charge in [0.05, 0.1) is 19.3 Å². The summed E-state index contributed by atoms with van der Waals surface area (Å²) in [5.41, 5.74) is 5.39. The van der Waals surface area contributed by atoms with E-state index in [1.807, 2.05) is 11.8 Å². The first-order chi connectivity index (χ1) is 7.69. The van der Waals surface area contributed by atoms with Crippen LogP contribution in [0.15, 0.2) is 4.42 Å². The average Bonchev–Trinajstić information content (AvgIpc) is 2.66. The second-order valence-electron chi connectivity index (χ2n) is 3.41. The fourth-order valence-electron chi connectivity index (χ4n) is 1.37. The Kier molecular flexibility index (Phi) is 5.00. The third-order valence-electron chi connectivity index (χ3n) is 2.15. The summed E-state index contributed by atoms with van der Waals surface area (Å²) < 4.78 is 15.3. The second kappa shape index (κ2) is 6.29. The van der Waals surface area contributed by atoms with Crippen LogP contribution in [0.3, 0.4) is 0 Å². The maximum atomic E-state index is 5.39. The highest BCUT2D eigenvalue weighted by Crippen LogP contribution is 2.16. The largest absolute Gasteiger partial charge is 0.390 e. The number of nitrogens with zero attached hydrogens (tertiary/aromatic N) is 3. The molecule has 0 aromatic carbocycles. The molecule has 0 amide bonds. The molecule has 0 spiro atoms. The zero-order valence-corrected chi connectivity index (χ0v) is 9.84. The highest BCUT2D eigenvalue weighted by Gasteiger charge is 2.19. The number of methoxy groups -OCH3 is 2. The molecule has 0 radical (unpaired) electrons. The predicted molar refractivity (Wildman–Crippen MR) is 59.3 cm³/mol. The van der Waals surface area contributed by atoms with Crippen LogP contribution in [0, 0.1) is 0 Å². The SMILES string of the molecule is COCCN(c1nnc(N)o1)C(C)COC. The molecule has 16 heavy (non-hydrogen) atoms. The standard InChI is InChI=1S/C9H18N4O3/c1-7(6-15-3)13(4-5-14-2)9-12-11-8(10)16-9/h7H,4-6H2,1-3H3,(H2,10,11). The zero-order valence-electron chi connectivity index (χ0n) is 9.84. The summed E-state index contributed by atoms with van der Waals surface area (Å²) in [5, 5.41) is 7.47. The Hall–Kier alpha value is -1.34. The molecule has 0 aliphatic carbocycles. The van der Waals surface area contributed by atoms with Crippen molar-refractivity contribution < 1.29 is 13.9 Å². The Balaban J connectivity index is 2.69. The molecule has 0 aliphatic heterocycles. The minimum Gasteiger partial charge on any atom is -0.390 e. The average molecular weight is 230 g/mol. The van der Waals surface area contributed by atoms with Crippen LogP contribution in [0.2, 0.25) is 0 Å². The smallest absolute Gasteiger partial charge is 0.319 e. The van der Waals surface area contributed by atoms with Gasteiger partial charge < -0.3 is 24.5 Å². The number of anilines is 2. The van der Waals surface area contributed by atoms with Gasteiger partial charge in [0.25, 0.3) is 0 Å². The van der Waals surface area contributed by atoms with Gasteiger partial charge in [0, 0.05) is 20.8 Å². The molecule has 0 aliphatic rings. The van der Waals surface area contributed by atoms with Crippen LogP contribution >= 0.6 is 0 Å². The van der Waals surface area contributed by atoms with Crippen molar-refractivity contribution in [3.63, 3.8) is 0 Å². The first-order valence-electron chi connectivity index (χ1n) is 5.02. The lowest BCUT2D eigenvalue weighted by Crippen LogP contribution is -2.38. The van der Waals surface area contributed by atoms with Gasteiger partial charge in [-0.3, -0.25) is 0 Å². The molecule has 0 saturated carbocycles. The summed E-state index contributed by atoms with van der Waals surface area (Å²) >= 11 is 0. The maximum absolute atomic E-state index is 5.39. The van der Waals surface area contributed by atoms with Gasteiger partial charge in [0.1, 0.15) is 0 Å². The topological polar surface area (TPSA) is 86.6 Å². The molecule has 7 heteroatoms. The summed E-state index contributed by atoms with van der Waals surface area (Å²) in [6, 6.07) is 0.557. The summed E-state index contributed by atoms with van der Waals surface area (Å²) in [4.78, 5) is 1.90. The fourth-order valence-corrected chi connectivity index (χ4v) is 1.37. The molecular formula is C9H18N4O3. The van der Waals surface area contributed by atoms with Gasteiger partial charge in [-0.1, -0.05) is 10.2 Å². The quantitative estimate of drug-likeness (QED) is 0.712. The molecule has 7 nitrogen and oxygen atoms in total. The van der Waals surface area contributed by atoms with Crippen LogP contribution in [0.4, 0.5) is 12.0 Å². The summed E-state index contributed by atoms with van der Waals surface area (Å²) in [6.45, 7) is 3.77. The van der Waals surface area contributed by atoms with Gasteiger partial charge in [-0.05, 0) is 6.92 Å². The molecule has 1 unspecified atom stereocenters. The van der Waals surface area contributed by atoms with E-state index in [9.17, 15) is 0 Å². The number of hydrogen-bond acceptors (Lipinski definition) is 7. The molecule has 1 aromatic rings. The Morgan fingerprint density at radius 2 is 2.12 bits per heavy atom. The van der Waals surface area contributed by atoms with Crippen LogP contribution in [-0.4, -0.2) is 50.2 Å². The number of aromatic nitrogens is 2. The number of nitrogen functional groups attached to an aromatic ring is 1. The molecule has 1 rings (SSSR count). The van der Waals surface area contributed by atoms with E-state index < -0.39 is 0 Å². The van der Waals surface area contributed by atoms with Gasteiger partial charge in [0.15, 0.2) is 0 Å². The lowest BCUT2D eigenvalue weighted by molar-refractivity contribution is 0.168. The minimum absolute atomic E-state index is 0.0574. The summed E-state index contributed by atoms with van der Waals surface area (Å²) in [6.07, 6.45) is 0. The predicted octanol–water partition coefficient (Wildman–Crippen LogP) is 0.140. The zero-order chi connectivity index (χ0) is 12.0. The van der Waals surface area contributed by atoms with E-state index in [1.165, 1.54) is 0 Å². The van der Waals surface area contributed by atoms with Crippen molar-refractivity contribution in [1.29, 1.82) is 0 Å². The molecule has 0 fully saturated rings. The number of hydrogen-bond donors (Lipinski definition) is 1. The maximum Gasteiger partial charge on any atom is 0.319 e. The first kappa shape index (κ1) is 12.7.